The van der Waals surface area contributed by atoms with Crippen molar-refractivity contribution in [2.24, 2.45) is 5.92 Å². The standard InChI is InChI=1S/C22H20BrN5O/c23-16-5-1-2-6-17(16)25-22(29)15-9-13-27(14-10-15)21-19-8-4-12-28(19)18-7-3-11-24-20(18)26-21/h1-8,11-12,15H,9-10,13-14H2,(H,25,29). The normalized spacial score (nSPS) is 15.1. The number of hydrogen-bond acceptors (Lipinski definition) is 4. The van der Waals surface area contributed by atoms with Gasteiger partial charge in [0.2, 0.25) is 5.91 Å². The number of benzene rings is 1. The van der Waals surface area contributed by atoms with Gasteiger partial charge in [0.05, 0.1) is 16.7 Å². The Bertz CT molecular complexity index is 1200. The smallest absolute Gasteiger partial charge is 0.227 e. The summed E-state index contributed by atoms with van der Waals surface area (Å²) in [6, 6.07) is 15.8. The van der Waals surface area contributed by atoms with Crippen molar-refractivity contribution in [3.8, 4) is 0 Å². The fourth-order valence-corrected chi connectivity index (χ4v) is 4.36. The molecule has 1 amide bonds. The van der Waals surface area contributed by atoms with Gasteiger partial charge in [0.1, 0.15) is 0 Å². The van der Waals surface area contributed by atoms with E-state index in [-0.39, 0.29) is 11.8 Å². The Morgan fingerprint density at radius 1 is 1.03 bits per heavy atom. The SMILES string of the molecule is O=C(Nc1ccccc1Br)C1CCN(c2nc3ncccc3n3cccc23)CC1. The van der Waals surface area contributed by atoms with Crippen molar-refractivity contribution in [2.75, 3.05) is 23.3 Å². The highest BCUT2D eigenvalue weighted by atomic mass is 79.9. The lowest BCUT2D eigenvalue weighted by Crippen LogP contribution is -2.38. The molecule has 4 heterocycles. The van der Waals surface area contributed by atoms with Crippen LogP contribution in [0.15, 0.2) is 65.4 Å². The van der Waals surface area contributed by atoms with Crippen molar-refractivity contribution in [2.45, 2.75) is 12.8 Å². The van der Waals surface area contributed by atoms with Crippen LogP contribution in [0.2, 0.25) is 0 Å². The molecular formula is C22H20BrN5O. The molecule has 4 aromatic rings. The van der Waals surface area contributed by atoms with E-state index in [1.54, 1.807) is 6.20 Å². The molecule has 5 rings (SSSR count). The van der Waals surface area contributed by atoms with E-state index in [1.807, 2.05) is 48.7 Å². The van der Waals surface area contributed by atoms with E-state index in [1.165, 1.54) is 0 Å². The first-order chi connectivity index (χ1) is 14.2. The maximum atomic E-state index is 12.7. The minimum Gasteiger partial charge on any atom is -0.355 e. The number of nitrogens with one attached hydrogen (secondary N) is 1. The van der Waals surface area contributed by atoms with Gasteiger partial charge in [-0.05, 0) is 65.2 Å². The largest absolute Gasteiger partial charge is 0.355 e. The summed E-state index contributed by atoms with van der Waals surface area (Å²) in [5.74, 6) is 1.02. The Morgan fingerprint density at radius 2 is 1.83 bits per heavy atom. The maximum Gasteiger partial charge on any atom is 0.227 e. The Balaban J connectivity index is 1.35. The second kappa shape index (κ2) is 7.48. The number of pyridine rings is 1. The minimum atomic E-state index is -0.000237. The van der Waals surface area contributed by atoms with Crippen LogP contribution in [0.3, 0.4) is 0 Å². The van der Waals surface area contributed by atoms with Crippen LogP contribution < -0.4 is 10.2 Å². The monoisotopic (exact) mass is 449 g/mol. The van der Waals surface area contributed by atoms with Crippen LogP contribution in [0.25, 0.3) is 16.7 Å². The van der Waals surface area contributed by atoms with Gasteiger partial charge in [0.25, 0.3) is 0 Å². The van der Waals surface area contributed by atoms with Crippen LogP contribution in [0.1, 0.15) is 12.8 Å². The number of para-hydroxylation sites is 1. The molecule has 0 unspecified atom stereocenters. The van der Waals surface area contributed by atoms with Crippen molar-refractivity contribution < 1.29 is 4.79 Å². The zero-order chi connectivity index (χ0) is 19.8. The van der Waals surface area contributed by atoms with Gasteiger partial charge in [0, 0.05) is 35.9 Å². The molecule has 0 bridgehead atoms. The third-order valence-corrected chi connectivity index (χ3v) is 6.20. The van der Waals surface area contributed by atoms with Gasteiger partial charge in [-0.25, -0.2) is 9.97 Å². The third kappa shape index (κ3) is 3.35. The first kappa shape index (κ1) is 18.1. The Labute approximate surface area is 176 Å². The van der Waals surface area contributed by atoms with Crippen molar-refractivity contribution >= 4 is 50.0 Å². The molecule has 1 aliphatic heterocycles. The number of amides is 1. The number of hydrogen-bond donors (Lipinski definition) is 1. The number of fused-ring (bicyclic) bond motifs is 3. The number of aromatic nitrogens is 3. The maximum absolute atomic E-state index is 12.7. The lowest BCUT2D eigenvalue weighted by Gasteiger charge is -2.32. The van der Waals surface area contributed by atoms with Crippen LogP contribution in [0.4, 0.5) is 11.5 Å². The molecule has 1 aromatic carbocycles. The molecule has 146 valence electrons. The molecule has 1 saturated heterocycles. The van der Waals surface area contributed by atoms with Crippen LogP contribution in [0, 0.1) is 5.92 Å². The molecular weight excluding hydrogens is 430 g/mol. The molecule has 7 heteroatoms. The summed E-state index contributed by atoms with van der Waals surface area (Å²) in [6.07, 6.45) is 5.41. The lowest BCUT2D eigenvalue weighted by atomic mass is 9.95. The molecule has 1 N–H and O–H groups in total. The van der Waals surface area contributed by atoms with E-state index in [9.17, 15) is 4.79 Å². The molecule has 3 aromatic heterocycles. The van der Waals surface area contributed by atoms with Crippen LogP contribution in [0.5, 0.6) is 0 Å². The highest BCUT2D eigenvalue weighted by molar-refractivity contribution is 9.10. The van der Waals surface area contributed by atoms with E-state index in [2.05, 4.69) is 41.6 Å². The van der Waals surface area contributed by atoms with E-state index < -0.39 is 0 Å². The zero-order valence-electron chi connectivity index (χ0n) is 15.8. The van der Waals surface area contributed by atoms with Gasteiger partial charge in [-0.1, -0.05) is 12.1 Å². The Kier molecular flexibility index (Phi) is 4.67. The molecule has 6 nitrogen and oxygen atoms in total. The summed E-state index contributed by atoms with van der Waals surface area (Å²) in [5, 5.41) is 3.05. The number of carbonyl (C=O) groups is 1. The summed E-state index contributed by atoms with van der Waals surface area (Å²) < 4.78 is 3.03. The highest BCUT2D eigenvalue weighted by Gasteiger charge is 2.27. The average Bonchev–Trinajstić information content (AvgIpc) is 3.25. The van der Waals surface area contributed by atoms with Crippen LogP contribution in [-0.2, 0) is 4.79 Å². The zero-order valence-corrected chi connectivity index (χ0v) is 17.3. The average molecular weight is 450 g/mol. The molecule has 1 fully saturated rings. The first-order valence-corrected chi connectivity index (χ1v) is 10.5. The van der Waals surface area contributed by atoms with Gasteiger partial charge in [-0.3, -0.25) is 4.79 Å². The summed E-state index contributed by atoms with van der Waals surface area (Å²) in [4.78, 5) is 24.3. The second-order valence-electron chi connectivity index (χ2n) is 7.28. The number of nitrogens with zero attached hydrogens (tertiary/aromatic N) is 4. The fourth-order valence-electron chi connectivity index (χ4n) is 3.98. The fraction of sp³-hybridized carbons (Fsp3) is 0.227. The molecule has 1 aliphatic rings. The number of halogens is 1. The molecule has 0 spiro atoms. The Morgan fingerprint density at radius 3 is 2.66 bits per heavy atom. The Hall–Kier alpha value is -2.93. The van der Waals surface area contributed by atoms with Gasteiger partial charge < -0.3 is 14.6 Å². The van der Waals surface area contributed by atoms with Crippen molar-refractivity contribution in [3.05, 3.63) is 65.4 Å². The van der Waals surface area contributed by atoms with Gasteiger partial charge in [0.15, 0.2) is 11.5 Å². The van der Waals surface area contributed by atoms with E-state index in [0.29, 0.717) is 0 Å². The van der Waals surface area contributed by atoms with Crippen molar-refractivity contribution in [1.29, 1.82) is 0 Å². The quantitative estimate of drug-likeness (QED) is 0.499. The number of rotatable bonds is 3. The molecule has 29 heavy (non-hydrogen) atoms. The molecule has 0 radical (unpaired) electrons. The van der Waals surface area contributed by atoms with Gasteiger partial charge in [-0.2, -0.15) is 0 Å². The summed E-state index contributed by atoms with van der Waals surface area (Å²) >= 11 is 3.49. The van der Waals surface area contributed by atoms with Gasteiger partial charge in [-0.15, -0.1) is 0 Å². The van der Waals surface area contributed by atoms with E-state index in [4.69, 9.17) is 4.98 Å². The van der Waals surface area contributed by atoms with Crippen LogP contribution in [-0.4, -0.2) is 33.4 Å². The number of piperidine rings is 1. The highest BCUT2D eigenvalue weighted by Crippen LogP contribution is 2.29. The number of carbonyl (C=O) groups excluding carboxylic acids is 1. The topological polar surface area (TPSA) is 62.5 Å². The van der Waals surface area contributed by atoms with Crippen molar-refractivity contribution in [1.82, 2.24) is 14.4 Å². The third-order valence-electron chi connectivity index (χ3n) is 5.51. The van der Waals surface area contributed by atoms with Crippen molar-refractivity contribution in [3.63, 3.8) is 0 Å². The predicted octanol–water partition coefficient (Wildman–Crippen LogP) is 4.50. The summed E-state index contributed by atoms with van der Waals surface area (Å²) in [6.45, 7) is 1.58. The predicted molar refractivity (Wildman–Crippen MR) is 118 cm³/mol. The molecule has 0 atom stereocenters. The summed E-state index contributed by atoms with van der Waals surface area (Å²) in [5.41, 5.74) is 3.62. The second-order valence-corrected chi connectivity index (χ2v) is 8.13. The van der Waals surface area contributed by atoms with Gasteiger partial charge >= 0.3 is 0 Å². The lowest BCUT2D eigenvalue weighted by molar-refractivity contribution is -0.120. The first-order valence-electron chi connectivity index (χ1n) is 9.73. The summed E-state index contributed by atoms with van der Waals surface area (Å²) in [7, 11) is 0. The minimum absolute atomic E-state index is 0.000237. The van der Waals surface area contributed by atoms with E-state index in [0.717, 1.165) is 58.6 Å². The van der Waals surface area contributed by atoms with Crippen LogP contribution >= 0.6 is 15.9 Å². The molecule has 0 saturated carbocycles. The van der Waals surface area contributed by atoms with E-state index >= 15 is 0 Å². The molecule has 0 aliphatic carbocycles. The number of anilines is 2.